The predicted molar refractivity (Wildman–Crippen MR) is 123 cm³/mol. The maximum absolute atomic E-state index is 12.5. The molecule has 3 aromatic rings. The van der Waals surface area contributed by atoms with Gasteiger partial charge in [0.2, 0.25) is 5.91 Å². The molecule has 0 atom stereocenters. The number of benzene rings is 3. The number of rotatable bonds is 8. The van der Waals surface area contributed by atoms with Gasteiger partial charge in [0, 0.05) is 11.8 Å². The molecule has 0 saturated carbocycles. The van der Waals surface area contributed by atoms with E-state index in [1.807, 2.05) is 6.92 Å². The maximum Gasteiger partial charge on any atom is 0.339 e. The van der Waals surface area contributed by atoms with Crippen LogP contribution in [0.4, 0.5) is 5.69 Å². The molecule has 0 aliphatic carbocycles. The van der Waals surface area contributed by atoms with Crippen molar-refractivity contribution in [1.82, 2.24) is 0 Å². The van der Waals surface area contributed by atoms with Gasteiger partial charge in [0.15, 0.2) is 11.5 Å². The lowest BCUT2D eigenvalue weighted by Gasteiger charge is -2.11. The zero-order valence-electron chi connectivity index (χ0n) is 17.9. The third-order valence-corrected chi connectivity index (χ3v) is 5.73. The lowest BCUT2D eigenvalue weighted by molar-refractivity contribution is -0.111. The molecule has 32 heavy (non-hydrogen) atoms. The molecule has 0 radical (unpaired) electrons. The first-order chi connectivity index (χ1) is 15.3. The summed E-state index contributed by atoms with van der Waals surface area (Å²) in [5.41, 5.74) is 2.20. The minimum absolute atomic E-state index is 0.0457. The van der Waals surface area contributed by atoms with Crippen LogP contribution in [0.2, 0.25) is 0 Å². The molecule has 166 valence electrons. The van der Waals surface area contributed by atoms with Gasteiger partial charge < -0.3 is 19.0 Å². The van der Waals surface area contributed by atoms with E-state index in [1.165, 1.54) is 31.4 Å². The van der Waals surface area contributed by atoms with E-state index in [0.717, 1.165) is 5.56 Å². The molecule has 1 amide bonds. The summed E-state index contributed by atoms with van der Waals surface area (Å²) in [4.78, 5) is 12.2. The topological polar surface area (TPSA) is 90.9 Å². The molecule has 0 aliphatic heterocycles. The van der Waals surface area contributed by atoms with E-state index < -0.39 is 10.1 Å². The second kappa shape index (κ2) is 10.0. The summed E-state index contributed by atoms with van der Waals surface area (Å²) in [5, 5.41) is 2.74. The minimum Gasteiger partial charge on any atom is -0.497 e. The number of nitrogens with one attached hydrogen (secondary N) is 1. The van der Waals surface area contributed by atoms with Crippen LogP contribution in [0, 0.1) is 6.92 Å². The Morgan fingerprint density at radius 2 is 1.56 bits per heavy atom. The third-order valence-electron chi connectivity index (χ3n) is 4.48. The molecule has 0 aliphatic rings. The van der Waals surface area contributed by atoms with E-state index in [0.29, 0.717) is 17.0 Å². The number of amides is 1. The smallest absolute Gasteiger partial charge is 0.339 e. The highest BCUT2D eigenvalue weighted by molar-refractivity contribution is 7.87. The van der Waals surface area contributed by atoms with Crippen molar-refractivity contribution < 1.29 is 26.9 Å². The van der Waals surface area contributed by atoms with Gasteiger partial charge in [0.25, 0.3) is 0 Å². The summed E-state index contributed by atoms with van der Waals surface area (Å²) in [6.07, 6.45) is 2.95. The van der Waals surface area contributed by atoms with E-state index in [2.05, 4.69) is 5.32 Å². The Morgan fingerprint density at radius 3 is 2.19 bits per heavy atom. The summed E-state index contributed by atoms with van der Waals surface area (Å²) < 4.78 is 40.7. The monoisotopic (exact) mass is 453 g/mol. The van der Waals surface area contributed by atoms with Crippen LogP contribution in [-0.2, 0) is 14.9 Å². The van der Waals surface area contributed by atoms with Crippen LogP contribution in [0.3, 0.4) is 0 Å². The number of methoxy groups -OCH3 is 2. The fraction of sp³-hybridized carbons (Fsp3) is 0.125. The van der Waals surface area contributed by atoms with Crippen molar-refractivity contribution in [3.63, 3.8) is 0 Å². The Kier molecular flexibility index (Phi) is 7.17. The number of carbonyl (C=O) groups excluding carboxylic acids is 1. The zero-order chi connectivity index (χ0) is 23.1. The Morgan fingerprint density at radius 1 is 0.875 bits per heavy atom. The van der Waals surface area contributed by atoms with E-state index in [-0.39, 0.29) is 22.3 Å². The predicted octanol–water partition coefficient (Wildman–Crippen LogP) is 4.43. The Bertz CT molecular complexity index is 1220. The third kappa shape index (κ3) is 5.89. The number of carbonyl (C=O) groups is 1. The maximum atomic E-state index is 12.5. The lowest BCUT2D eigenvalue weighted by atomic mass is 10.2. The van der Waals surface area contributed by atoms with Crippen molar-refractivity contribution in [3.05, 3.63) is 83.9 Å². The molecule has 3 aromatic carbocycles. The van der Waals surface area contributed by atoms with Crippen LogP contribution >= 0.6 is 0 Å². The Balaban J connectivity index is 1.71. The number of ether oxygens (including phenoxy) is 2. The van der Waals surface area contributed by atoms with Crippen molar-refractivity contribution in [2.75, 3.05) is 19.5 Å². The molecule has 1 N–H and O–H groups in total. The first-order valence-electron chi connectivity index (χ1n) is 9.63. The van der Waals surface area contributed by atoms with Gasteiger partial charge in [-0.2, -0.15) is 8.42 Å². The second-order valence-corrected chi connectivity index (χ2v) is 8.36. The molecule has 0 aromatic heterocycles. The molecule has 8 heteroatoms. The number of hydrogen-bond donors (Lipinski definition) is 1. The Hall–Kier alpha value is -3.78. The van der Waals surface area contributed by atoms with Crippen molar-refractivity contribution >= 4 is 27.8 Å². The molecule has 0 saturated heterocycles. The number of hydrogen-bond acceptors (Lipinski definition) is 6. The average Bonchev–Trinajstić information content (AvgIpc) is 2.79. The normalized spacial score (nSPS) is 11.2. The average molecular weight is 454 g/mol. The van der Waals surface area contributed by atoms with Gasteiger partial charge in [-0.15, -0.1) is 0 Å². The summed E-state index contributed by atoms with van der Waals surface area (Å²) >= 11 is 0. The van der Waals surface area contributed by atoms with Gasteiger partial charge in [-0.25, -0.2) is 0 Å². The van der Waals surface area contributed by atoms with Gasteiger partial charge in [0.1, 0.15) is 10.6 Å². The van der Waals surface area contributed by atoms with E-state index in [4.69, 9.17) is 13.7 Å². The molecule has 0 spiro atoms. The van der Waals surface area contributed by atoms with Gasteiger partial charge >= 0.3 is 10.1 Å². The van der Waals surface area contributed by atoms with Crippen LogP contribution in [0.5, 0.6) is 17.2 Å². The highest BCUT2D eigenvalue weighted by atomic mass is 32.2. The van der Waals surface area contributed by atoms with Crippen LogP contribution in [0.25, 0.3) is 6.08 Å². The molecule has 0 heterocycles. The summed E-state index contributed by atoms with van der Waals surface area (Å²) in [5.74, 6) is 0.639. The summed E-state index contributed by atoms with van der Waals surface area (Å²) in [6.45, 7) is 1.86. The van der Waals surface area contributed by atoms with Gasteiger partial charge in [-0.1, -0.05) is 23.8 Å². The first-order valence-corrected chi connectivity index (χ1v) is 11.0. The fourth-order valence-electron chi connectivity index (χ4n) is 2.76. The van der Waals surface area contributed by atoms with Crippen LogP contribution in [0.1, 0.15) is 11.1 Å². The molecular formula is C24H23NO6S. The van der Waals surface area contributed by atoms with Crippen molar-refractivity contribution in [2.24, 2.45) is 0 Å². The second-order valence-electron chi connectivity index (χ2n) is 6.81. The van der Waals surface area contributed by atoms with Crippen molar-refractivity contribution in [3.8, 4) is 17.2 Å². The summed E-state index contributed by atoms with van der Waals surface area (Å²) in [7, 11) is -1.04. The molecule has 3 rings (SSSR count). The highest BCUT2D eigenvalue weighted by Gasteiger charge is 2.19. The summed E-state index contributed by atoms with van der Waals surface area (Å²) in [6, 6.07) is 18.0. The number of anilines is 1. The minimum atomic E-state index is -4.01. The lowest BCUT2D eigenvalue weighted by Crippen LogP contribution is -2.10. The SMILES string of the molecule is COc1ccc(NC(=O)C=Cc2ccc(OS(=O)(=O)c3ccc(C)cc3)c(OC)c2)cc1. The van der Waals surface area contributed by atoms with E-state index >= 15 is 0 Å². The number of aryl methyl sites for hydroxylation is 1. The first kappa shape index (κ1) is 22.9. The molecule has 0 bridgehead atoms. The van der Waals surface area contributed by atoms with Crippen LogP contribution in [0.15, 0.2) is 77.7 Å². The Labute approximate surface area is 187 Å². The highest BCUT2D eigenvalue weighted by Crippen LogP contribution is 2.31. The van der Waals surface area contributed by atoms with Gasteiger partial charge in [0.05, 0.1) is 14.2 Å². The van der Waals surface area contributed by atoms with Crippen molar-refractivity contribution in [2.45, 2.75) is 11.8 Å². The molecular weight excluding hydrogens is 430 g/mol. The van der Waals surface area contributed by atoms with Crippen molar-refractivity contribution in [1.29, 1.82) is 0 Å². The van der Waals surface area contributed by atoms with Crippen LogP contribution in [-0.4, -0.2) is 28.5 Å². The molecule has 0 fully saturated rings. The fourth-order valence-corrected chi connectivity index (χ4v) is 3.70. The quantitative estimate of drug-likeness (QED) is 0.401. The standard InChI is InChI=1S/C24H23NO6S/c1-17-4-12-21(13-5-17)32(27,28)31-22-14-6-18(16-23(22)30-3)7-15-24(26)25-19-8-10-20(29-2)11-9-19/h4-16H,1-3H3,(H,25,26). The molecule has 0 unspecified atom stereocenters. The largest absolute Gasteiger partial charge is 0.497 e. The van der Waals surface area contributed by atoms with Crippen LogP contribution < -0.4 is 19.0 Å². The zero-order valence-corrected chi connectivity index (χ0v) is 18.7. The van der Waals surface area contributed by atoms with E-state index in [1.54, 1.807) is 61.7 Å². The van der Waals surface area contributed by atoms with Gasteiger partial charge in [-0.05, 0) is 67.1 Å². The van der Waals surface area contributed by atoms with Gasteiger partial charge in [-0.3, -0.25) is 4.79 Å². The van der Waals surface area contributed by atoms with E-state index in [9.17, 15) is 13.2 Å². The molecule has 7 nitrogen and oxygen atoms in total.